The molecule has 36 heavy (non-hydrogen) atoms. The Balaban J connectivity index is 1.21. The molecule has 4 aliphatic rings. The van der Waals surface area contributed by atoms with Crippen LogP contribution in [-0.2, 0) is 19.1 Å². The fourth-order valence-corrected chi connectivity index (χ4v) is 6.08. The van der Waals surface area contributed by atoms with Crippen LogP contribution < -0.4 is 4.74 Å². The second-order valence-corrected chi connectivity index (χ2v) is 9.34. The highest BCUT2D eigenvalue weighted by molar-refractivity contribution is 6.09. The Morgan fingerprint density at radius 2 is 1.22 bits per heavy atom. The van der Waals surface area contributed by atoms with Gasteiger partial charge in [-0.2, -0.15) is 0 Å². The lowest BCUT2D eigenvalue weighted by molar-refractivity contribution is -0.152. The summed E-state index contributed by atoms with van der Waals surface area (Å²) in [4.78, 5) is 53.1. The van der Waals surface area contributed by atoms with Gasteiger partial charge in [0, 0.05) is 17.4 Å². The first kappa shape index (κ1) is 22.2. The molecule has 1 fully saturated rings. The number of esters is 1. The summed E-state index contributed by atoms with van der Waals surface area (Å²) in [7, 11) is 1.53. The minimum atomic E-state index is -0.792. The lowest BCUT2D eigenvalue weighted by Crippen LogP contribution is -2.41. The number of carbonyl (C=O) groups is 4. The van der Waals surface area contributed by atoms with Crippen LogP contribution in [0.3, 0.4) is 0 Å². The zero-order chi connectivity index (χ0) is 25.0. The number of rotatable bonds is 6. The lowest BCUT2D eigenvalue weighted by atomic mass is 9.55. The number of ether oxygens (including phenoxy) is 2. The maximum Gasteiger partial charge on any atom is 0.326 e. The van der Waals surface area contributed by atoms with Crippen molar-refractivity contribution >= 4 is 23.6 Å². The largest absolute Gasteiger partial charge is 0.497 e. The lowest BCUT2D eigenvalue weighted by Gasteiger charge is -2.45. The van der Waals surface area contributed by atoms with E-state index in [1.165, 1.54) is 7.11 Å². The first-order valence-electron chi connectivity index (χ1n) is 11.9. The van der Waals surface area contributed by atoms with Crippen LogP contribution in [0, 0.1) is 11.8 Å². The molecule has 2 atom stereocenters. The molecule has 7 heteroatoms. The van der Waals surface area contributed by atoms with Crippen LogP contribution in [0.4, 0.5) is 0 Å². The molecule has 2 amide bonds. The average Bonchev–Trinajstić information content (AvgIpc) is 3.17. The Morgan fingerprint density at radius 3 is 1.67 bits per heavy atom. The first-order valence-corrected chi connectivity index (χ1v) is 11.9. The average molecular weight is 482 g/mol. The van der Waals surface area contributed by atoms with Crippen LogP contribution in [0.2, 0.25) is 0 Å². The molecule has 3 aromatic carbocycles. The summed E-state index contributed by atoms with van der Waals surface area (Å²) in [6.45, 7) is -0.983. The molecule has 180 valence electrons. The Kier molecular flexibility index (Phi) is 5.21. The van der Waals surface area contributed by atoms with Crippen molar-refractivity contribution in [2.45, 2.75) is 11.8 Å². The molecule has 0 radical (unpaired) electrons. The molecule has 7 nitrogen and oxygen atoms in total. The van der Waals surface area contributed by atoms with Gasteiger partial charge in [-0.1, -0.05) is 48.5 Å². The summed E-state index contributed by atoms with van der Waals surface area (Å²) in [6, 6.07) is 22.4. The number of amides is 2. The van der Waals surface area contributed by atoms with Crippen LogP contribution in [0.5, 0.6) is 5.75 Å². The van der Waals surface area contributed by atoms with E-state index < -0.39 is 31.0 Å². The Hall–Kier alpha value is -4.26. The Morgan fingerprint density at radius 1 is 0.750 bits per heavy atom. The molecule has 0 aromatic heterocycles. The molecule has 0 N–H and O–H groups in total. The number of carbonyl (C=O) groups excluding carboxylic acids is 4. The van der Waals surface area contributed by atoms with Crippen molar-refractivity contribution in [1.82, 2.24) is 4.90 Å². The highest BCUT2D eigenvalue weighted by Gasteiger charge is 2.61. The van der Waals surface area contributed by atoms with E-state index in [-0.39, 0.29) is 29.4 Å². The van der Waals surface area contributed by atoms with Gasteiger partial charge in [0.2, 0.25) is 11.8 Å². The Bertz CT molecular complexity index is 1300. The number of hydrogen-bond donors (Lipinski definition) is 0. The van der Waals surface area contributed by atoms with Gasteiger partial charge < -0.3 is 9.47 Å². The molecular formula is C29H23NO6. The maximum absolute atomic E-state index is 13.5. The predicted molar refractivity (Wildman–Crippen MR) is 129 cm³/mol. The standard InChI is InChI=1S/C29H23NO6/c1-35-17-12-10-16(11-13-17)22(31)15-36-23(32)14-30-28(33)26-24-18-6-2-3-7-19(18)25(27(26)29(30)34)21-9-5-4-8-20(21)24/h2-13,24-27H,14-15H2,1H3/t24?,25?,26-,27+. The number of likely N-dealkylation sites (tertiary alicyclic amines) is 1. The van der Waals surface area contributed by atoms with Gasteiger partial charge in [-0.15, -0.1) is 0 Å². The quantitative estimate of drug-likeness (QED) is 0.305. The predicted octanol–water partition coefficient (Wildman–Crippen LogP) is 3.31. The van der Waals surface area contributed by atoms with E-state index in [1.807, 2.05) is 48.5 Å². The van der Waals surface area contributed by atoms with Crippen molar-refractivity contribution < 1.29 is 28.7 Å². The highest BCUT2D eigenvalue weighted by Crippen LogP contribution is 2.60. The molecule has 1 heterocycles. The molecule has 2 bridgehead atoms. The molecule has 3 aromatic rings. The Labute approximate surface area is 207 Å². The van der Waals surface area contributed by atoms with Crippen LogP contribution in [0.25, 0.3) is 0 Å². The number of methoxy groups -OCH3 is 1. The maximum atomic E-state index is 13.5. The summed E-state index contributed by atoms with van der Waals surface area (Å²) in [5, 5.41) is 0. The molecule has 1 aliphatic heterocycles. The first-order chi connectivity index (χ1) is 17.5. The molecular weight excluding hydrogens is 458 g/mol. The van der Waals surface area contributed by atoms with E-state index in [0.29, 0.717) is 11.3 Å². The van der Waals surface area contributed by atoms with E-state index in [2.05, 4.69) is 0 Å². The van der Waals surface area contributed by atoms with Crippen molar-refractivity contribution in [3.63, 3.8) is 0 Å². The molecule has 7 rings (SSSR count). The second kappa shape index (κ2) is 8.45. The zero-order valence-corrected chi connectivity index (χ0v) is 19.5. The second-order valence-electron chi connectivity index (χ2n) is 9.34. The van der Waals surface area contributed by atoms with Crippen LogP contribution in [0.15, 0.2) is 72.8 Å². The SMILES string of the molecule is COc1ccc(C(=O)COC(=O)CN2C(=O)[C@@H]3C4c5ccccc5C(c5ccccc54)[C@@H]3C2=O)cc1. The number of hydrogen-bond acceptors (Lipinski definition) is 6. The molecule has 0 spiro atoms. The van der Waals surface area contributed by atoms with Crippen LogP contribution in [-0.4, -0.2) is 48.7 Å². The number of imide groups is 1. The zero-order valence-electron chi connectivity index (χ0n) is 19.5. The van der Waals surface area contributed by atoms with Crippen molar-refractivity contribution in [2.75, 3.05) is 20.3 Å². The minimum absolute atomic E-state index is 0.235. The van der Waals surface area contributed by atoms with Gasteiger partial charge in [0.1, 0.15) is 12.3 Å². The van der Waals surface area contributed by atoms with E-state index in [1.54, 1.807) is 24.3 Å². The van der Waals surface area contributed by atoms with E-state index in [9.17, 15) is 19.2 Å². The number of Topliss-reactive ketones (excluding diaryl/α,β-unsaturated/α-hetero) is 1. The number of benzene rings is 3. The van der Waals surface area contributed by atoms with Crippen molar-refractivity contribution in [2.24, 2.45) is 11.8 Å². The molecule has 0 unspecified atom stereocenters. The van der Waals surface area contributed by atoms with Crippen molar-refractivity contribution in [3.05, 3.63) is 101 Å². The van der Waals surface area contributed by atoms with E-state index in [0.717, 1.165) is 27.2 Å². The van der Waals surface area contributed by atoms with Gasteiger partial charge >= 0.3 is 5.97 Å². The normalized spacial score (nSPS) is 23.1. The summed E-state index contributed by atoms with van der Waals surface area (Å²) in [6.07, 6.45) is 0. The molecule has 0 saturated carbocycles. The van der Waals surface area contributed by atoms with E-state index in [4.69, 9.17) is 9.47 Å². The van der Waals surface area contributed by atoms with Crippen molar-refractivity contribution in [3.8, 4) is 5.75 Å². The molecule has 3 aliphatic carbocycles. The molecule has 1 saturated heterocycles. The minimum Gasteiger partial charge on any atom is -0.497 e. The monoisotopic (exact) mass is 481 g/mol. The van der Waals surface area contributed by atoms with Gasteiger partial charge in [-0.25, -0.2) is 0 Å². The summed E-state index contributed by atoms with van der Waals surface area (Å²) in [5.74, 6) is -2.87. The van der Waals surface area contributed by atoms with Gasteiger partial charge in [-0.05, 0) is 46.5 Å². The third-order valence-electron chi connectivity index (χ3n) is 7.60. The fourth-order valence-electron chi connectivity index (χ4n) is 6.08. The number of ketones is 1. The fraction of sp³-hybridized carbons (Fsp3) is 0.241. The highest BCUT2D eigenvalue weighted by atomic mass is 16.5. The van der Waals surface area contributed by atoms with Gasteiger partial charge in [0.05, 0.1) is 18.9 Å². The third-order valence-corrected chi connectivity index (χ3v) is 7.60. The topological polar surface area (TPSA) is 90.0 Å². The van der Waals surface area contributed by atoms with Crippen LogP contribution >= 0.6 is 0 Å². The number of nitrogens with zero attached hydrogens (tertiary/aromatic N) is 1. The smallest absolute Gasteiger partial charge is 0.326 e. The third kappa shape index (κ3) is 3.26. The van der Waals surface area contributed by atoms with Gasteiger partial charge in [-0.3, -0.25) is 24.1 Å². The summed E-state index contributed by atoms with van der Waals surface area (Å²) < 4.78 is 10.2. The summed E-state index contributed by atoms with van der Waals surface area (Å²) >= 11 is 0. The van der Waals surface area contributed by atoms with Crippen LogP contribution in [0.1, 0.15) is 44.4 Å². The van der Waals surface area contributed by atoms with Crippen molar-refractivity contribution in [1.29, 1.82) is 0 Å². The summed E-state index contributed by atoms with van der Waals surface area (Å²) in [5.41, 5.74) is 4.64. The van der Waals surface area contributed by atoms with Gasteiger partial charge in [0.25, 0.3) is 0 Å². The van der Waals surface area contributed by atoms with E-state index >= 15 is 0 Å². The van der Waals surface area contributed by atoms with Gasteiger partial charge in [0.15, 0.2) is 12.4 Å².